The molecule has 1 heterocycles. The van der Waals surface area contributed by atoms with Gasteiger partial charge in [0.2, 0.25) is 5.91 Å². The lowest BCUT2D eigenvalue weighted by molar-refractivity contribution is -0.137. The van der Waals surface area contributed by atoms with Gasteiger partial charge in [-0.05, 0) is 24.1 Å². The molecule has 1 radical (unpaired) electrons. The van der Waals surface area contributed by atoms with Gasteiger partial charge in [-0.2, -0.15) is 13.2 Å². The van der Waals surface area contributed by atoms with Crippen LogP contribution in [0.15, 0.2) is 24.3 Å². The number of piperazine rings is 1. The SMILES string of the molecule is [CH2]CCCCC(=O)N1CCN(C(=O)OCc2ccc(C(F)(F)F)cc2)CC1. The van der Waals surface area contributed by atoms with Crippen molar-refractivity contribution in [2.45, 2.75) is 38.5 Å². The molecule has 149 valence electrons. The molecular weight excluding hydrogens is 361 g/mol. The minimum Gasteiger partial charge on any atom is -0.445 e. The molecule has 27 heavy (non-hydrogen) atoms. The first-order chi connectivity index (χ1) is 12.8. The molecule has 0 saturated carbocycles. The Morgan fingerprint density at radius 3 is 2.15 bits per heavy atom. The number of ether oxygens (including phenoxy) is 1. The third-order valence-electron chi connectivity index (χ3n) is 4.42. The third kappa shape index (κ3) is 6.45. The third-order valence-corrected chi connectivity index (χ3v) is 4.42. The van der Waals surface area contributed by atoms with Crippen LogP contribution in [0.5, 0.6) is 0 Å². The molecule has 1 aliphatic rings. The number of hydrogen-bond acceptors (Lipinski definition) is 3. The summed E-state index contributed by atoms with van der Waals surface area (Å²) in [6.45, 7) is 5.33. The number of unbranched alkanes of at least 4 members (excludes halogenated alkanes) is 2. The smallest absolute Gasteiger partial charge is 0.416 e. The van der Waals surface area contributed by atoms with E-state index >= 15 is 0 Å². The lowest BCUT2D eigenvalue weighted by atomic mass is 10.1. The number of alkyl halides is 3. The summed E-state index contributed by atoms with van der Waals surface area (Å²) >= 11 is 0. The predicted octanol–water partition coefficient (Wildman–Crippen LogP) is 3.88. The molecule has 0 aromatic heterocycles. The Bertz CT molecular complexity index is 624. The summed E-state index contributed by atoms with van der Waals surface area (Å²) in [4.78, 5) is 27.4. The van der Waals surface area contributed by atoms with Crippen molar-refractivity contribution in [3.05, 3.63) is 42.3 Å². The first-order valence-electron chi connectivity index (χ1n) is 8.96. The Morgan fingerprint density at radius 1 is 1.00 bits per heavy atom. The molecule has 0 aliphatic carbocycles. The fraction of sp³-hybridized carbons (Fsp3) is 0.526. The van der Waals surface area contributed by atoms with Crippen molar-refractivity contribution in [1.29, 1.82) is 0 Å². The lowest BCUT2D eigenvalue weighted by Crippen LogP contribution is -2.50. The molecule has 8 heteroatoms. The van der Waals surface area contributed by atoms with Crippen LogP contribution in [0.1, 0.15) is 36.8 Å². The molecule has 0 atom stereocenters. The fourth-order valence-corrected chi connectivity index (χ4v) is 2.78. The second-order valence-electron chi connectivity index (χ2n) is 6.43. The first-order valence-corrected chi connectivity index (χ1v) is 8.96. The topological polar surface area (TPSA) is 49.9 Å². The van der Waals surface area contributed by atoms with Gasteiger partial charge in [0.1, 0.15) is 6.61 Å². The number of hydrogen-bond donors (Lipinski definition) is 0. The van der Waals surface area contributed by atoms with Crippen molar-refractivity contribution in [1.82, 2.24) is 9.80 Å². The summed E-state index contributed by atoms with van der Waals surface area (Å²) in [5.41, 5.74) is -0.260. The van der Waals surface area contributed by atoms with Gasteiger partial charge in [-0.1, -0.05) is 31.9 Å². The minimum atomic E-state index is -4.39. The van der Waals surface area contributed by atoms with Gasteiger partial charge in [0.15, 0.2) is 0 Å². The fourth-order valence-electron chi connectivity index (χ4n) is 2.78. The minimum absolute atomic E-state index is 0.0845. The number of nitrogens with zero attached hydrogens (tertiary/aromatic N) is 2. The van der Waals surface area contributed by atoms with E-state index in [0.29, 0.717) is 38.2 Å². The van der Waals surface area contributed by atoms with Gasteiger partial charge in [-0.3, -0.25) is 4.79 Å². The second kappa shape index (κ2) is 9.62. The van der Waals surface area contributed by atoms with Crippen LogP contribution in [-0.4, -0.2) is 48.0 Å². The molecule has 1 saturated heterocycles. The van der Waals surface area contributed by atoms with E-state index in [4.69, 9.17) is 4.74 Å². The maximum Gasteiger partial charge on any atom is 0.416 e. The predicted molar refractivity (Wildman–Crippen MR) is 93.6 cm³/mol. The van der Waals surface area contributed by atoms with Gasteiger partial charge in [-0.25, -0.2) is 4.79 Å². The van der Waals surface area contributed by atoms with Crippen LogP contribution < -0.4 is 0 Å². The van der Waals surface area contributed by atoms with Crippen LogP contribution in [0.2, 0.25) is 0 Å². The number of rotatable bonds is 6. The largest absolute Gasteiger partial charge is 0.445 e. The van der Waals surface area contributed by atoms with Crippen molar-refractivity contribution < 1.29 is 27.5 Å². The Morgan fingerprint density at radius 2 is 1.59 bits per heavy atom. The van der Waals surface area contributed by atoms with E-state index < -0.39 is 17.8 Å². The normalized spacial score (nSPS) is 15.0. The Kier molecular flexibility index (Phi) is 7.50. The second-order valence-corrected chi connectivity index (χ2v) is 6.43. The molecule has 5 nitrogen and oxygen atoms in total. The standard InChI is InChI=1S/C19H24F3N2O3/c1-2-3-4-5-17(25)23-10-12-24(13-11-23)18(26)27-14-15-6-8-16(9-7-15)19(20,21)22/h6-9H,1-5,10-14H2. The van der Waals surface area contributed by atoms with Gasteiger partial charge in [0, 0.05) is 32.6 Å². The van der Waals surface area contributed by atoms with Gasteiger partial charge < -0.3 is 14.5 Å². The van der Waals surface area contributed by atoms with E-state index in [1.807, 2.05) is 0 Å². The molecule has 1 aromatic rings. The zero-order valence-corrected chi connectivity index (χ0v) is 15.1. The molecular formula is C19H24F3N2O3. The van der Waals surface area contributed by atoms with Crippen LogP contribution >= 0.6 is 0 Å². The van der Waals surface area contributed by atoms with Crippen molar-refractivity contribution in [2.24, 2.45) is 0 Å². The summed E-state index contributed by atoms with van der Waals surface area (Å²) in [5, 5.41) is 0. The number of benzene rings is 1. The van der Waals surface area contributed by atoms with Crippen LogP contribution in [0.4, 0.5) is 18.0 Å². The maximum atomic E-state index is 12.5. The molecule has 1 aliphatic heterocycles. The summed E-state index contributed by atoms with van der Waals surface area (Å²) in [6, 6.07) is 4.50. The summed E-state index contributed by atoms with van der Waals surface area (Å²) in [6.07, 6.45) is -1.88. The van der Waals surface area contributed by atoms with Crippen molar-refractivity contribution in [3.8, 4) is 0 Å². The highest BCUT2D eigenvalue weighted by atomic mass is 19.4. The Balaban J connectivity index is 1.74. The van der Waals surface area contributed by atoms with Crippen molar-refractivity contribution >= 4 is 12.0 Å². The number of amides is 2. The maximum absolute atomic E-state index is 12.5. The molecule has 0 bridgehead atoms. The zero-order chi connectivity index (χ0) is 19.9. The number of carbonyl (C=O) groups is 2. The van der Waals surface area contributed by atoms with Gasteiger partial charge in [0.05, 0.1) is 5.56 Å². The monoisotopic (exact) mass is 385 g/mol. The quantitative estimate of drug-likeness (QED) is 0.699. The van der Waals surface area contributed by atoms with E-state index in [9.17, 15) is 22.8 Å². The van der Waals surface area contributed by atoms with E-state index in [2.05, 4.69) is 6.92 Å². The highest BCUT2D eigenvalue weighted by molar-refractivity contribution is 5.76. The Hall–Kier alpha value is -2.25. The average Bonchev–Trinajstić information content (AvgIpc) is 2.66. The van der Waals surface area contributed by atoms with Crippen LogP contribution in [0.25, 0.3) is 0 Å². The van der Waals surface area contributed by atoms with Crippen molar-refractivity contribution in [3.63, 3.8) is 0 Å². The Labute approximate surface area is 157 Å². The summed E-state index contributed by atoms with van der Waals surface area (Å²) < 4.78 is 42.8. The first kappa shape index (κ1) is 21.1. The molecule has 0 spiro atoms. The van der Waals surface area contributed by atoms with Crippen LogP contribution in [-0.2, 0) is 22.3 Å². The van der Waals surface area contributed by atoms with Gasteiger partial charge in [-0.15, -0.1) is 0 Å². The molecule has 2 amide bonds. The number of halogens is 3. The van der Waals surface area contributed by atoms with E-state index in [1.165, 1.54) is 17.0 Å². The average molecular weight is 385 g/mol. The van der Waals surface area contributed by atoms with Gasteiger partial charge >= 0.3 is 12.3 Å². The summed E-state index contributed by atoms with van der Waals surface area (Å²) in [5.74, 6) is 0.0845. The zero-order valence-electron chi connectivity index (χ0n) is 15.1. The molecule has 0 N–H and O–H groups in total. The molecule has 0 unspecified atom stereocenters. The van der Waals surface area contributed by atoms with E-state index in [0.717, 1.165) is 31.4 Å². The molecule has 1 aromatic carbocycles. The van der Waals surface area contributed by atoms with Crippen molar-refractivity contribution in [2.75, 3.05) is 26.2 Å². The lowest BCUT2D eigenvalue weighted by Gasteiger charge is -2.34. The molecule has 2 rings (SSSR count). The molecule has 1 fully saturated rings. The number of carbonyl (C=O) groups excluding carboxylic acids is 2. The van der Waals surface area contributed by atoms with Crippen LogP contribution in [0, 0.1) is 6.92 Å². The summed E-state index contributed by atoms with van der Waals surface area (Å²) in [7, 11) is 0. The van der Waals surface area contributed by atoms with E-state index in [1.54, 1.807) is 4.90 Å². The van der Waals surface area contributed by atoms with Crippen LogP contribution in [0.3, 0.4) is 0 Å². The highest BCUT2D eigenvalue weighted by Crippen LogP contribution is 2.29. The highest BCUT2D eigenvalue weighted by Gasteiger charge is 2.30. The van der Waals surface area contributed by atoms with Gasteiger partial charge in [0.25, 0.3) is 0 Å². The van der Waals surface area contributed by atoms with E-state index in [-0.39, 0.29) is 12.5 Å².